The largest absolute Gasteiger partial charge is 0.344 e. The van der Waals surface area contributed by atoms with Gasteiger partial charge in [-0.05, 0) is 57.1 Å². The first-order valence-electron chi connectivity index (χ1n) is 9.41. The summed E-state index contributed by atoms with van der Waals surface area (Å²) in [6.45, 7) is 3.18. The highest BCUT2D eigenvalue weighted by molar-refractivity contribution is 5.78. The number of likely N-dealkylation sites (N-methyl/N-ethyl adjacent to an activating group) is 1. The van der Waals surface area contributed by atoms with E-state index in [1.54, 1.807) is 24.3 Å². The van der Waals surface area contributed by atoms with Crippen LogP contribution in [0.5, 0.6) is 0 Å². The van der Waals surface area contributed by atoms with E-state index in [1.807, 2.05) is 17.0 Å². The van der Waals surface area contributed by atoms with Crippen LogP contribution in [0.3, 0.4) is 0 Å². The van der Waals surface area contributed by atoms with Gasteiger partial charge in [0.15, 0.2) is 0 Å². The molecule has 1 atom stereocenters. The molecule has 142 valence electrons. The van der Waals surface area contributed by atoms with Gasteiger partial charge in [0.25, 0.3) is 0 Å². The van der Waals surface area contributed by atoms with Gasteiger partial charge < -0.3 is 20.0 Å². The number of rotatable bonds is 4. The molecule has 0 spiro atoms. The quantitative estimate of drug-likeness (QED) is 0.880. The minimum absolute atomic E-state index is 0.0240. The van der Waals surface area contributed by atoms with Crippen LogP contribution in [0.1, 0.15) is 31.2 Å². The molecule has 0 bridgehead atoms. The maximum Gasteiger partial charge on any atom is 0.318 e. The molecular formula is C19H29N5O2. The van der Waals surface area contributed by atoms with Crippen LogP contribution in [0.2, 0.25) is 0 Å². The molecule has 3 heterocycles. The summed E-state index contributed by atoms with van der Waals surface area (Å²) in [6, 6.07) is 4.16. The Balaban J connectivity index is 1.67. The normalized spacial score (nSPS) is 22.3. The summed E-state index contributed by atoms with van der Waals surface area (Å²) in [5.74, 6) is 0.152. The Labute approximate surface area is 155 Å². The van der Waals surface area contributed by atoms with Crippen molar-refractivity contribution in [2.24, 2.45) is 0 Å². The summed E-state index contributed by atoms with van der Waals surface area (Å²) < 4.78 is 0. The van der Waals surface area contributed by atoms with E-state index in [1.165, 1.54) is 0 Å². The third-order valence-electron chi connectivity index (χ3n) is 5.45. The highest BCUT2D eigenvalue weighted by Crippen LogP contribution is 2.19. The van der Waals surface area contributed by atoms with Crippen molar-refractivity contribution in [3.63, 3.8) is 0 Å². The van der Waals surface area contributed by atoms with Crippen molar-refractivity contribution in [1.82, 2.24) is 25.0 Å². The Morgan fingerprint density at radius 2 is 1.92 bits per heavy atom. The minimum atomic E-state index is -0.0240. The second-order valence-corrected chi connectivity index (χ2v) is 7.48. The molecule has 7 nitrogen and oxygen atoms in total. The average molecular weight is 359 g/mol. The average Bonchev–Trinajstić information content (AvgIpc) is 2.64. The number of carbonyl (C=O) groups is 2. The molecule has 1 aromatic rings. The molecule has 1 aromatic heterocycles. The van der Waals surface area contributed by atoms with E-state index in [-0.39, 0.29) is 24.0 Å². The van der Waals surface area contributed by atoms with E-state index in [9.17, 15) is 9.59 Å². The van der Waals surface area contributed by atoms with Crippen LogP contribution in [-0.4, -0.2) is 77.4 Å². The first kappa shape index (κ1) is 18.6. The zero-order chi connectivity index (χ0) is 18.5. The van der Waals surface area contributed by atoms with Crippen LogP contribution in [0.25, 0.3) is 0 Å². The van der Waals surface area contributed by atoms with Gasteiger partial charge in [-0.1, -0.05) is 0 Å². The van der Waals surface area contributed by atoms with Gasteiger partial charge >= 0.3 is 6.03 Å². The molecule has 3 amide bonds. The fraction of sp³-hybridized carbons (Fsp3) is 0.632. The third-order valence-corrected chi connectivity index (χ3v) is 5.45. The molecule has 26 heavy (non-hydrogen) atoms. The van der Waals surface area contributed by atoms with E-state index in [0.717, 1.165) is 31.5 Å². The maximum atomic E-state index is 13.1. The van der Waals surface area contributed by atoms with Crippen molar-refractivity contribution < 1.29 is 9.59 Å². The van der Waals surface area contributed by atoms with Gasteiger partial charge in [-0.3, -0.25) is 9.78 Å². The number of likely N-dealkylation sites (tertiary alicyclic amines) is 2. The smallest absolute Gasteiger partial charge is 0.318 e. The fourth-order valence-corrected chi connectivity index (χ4v) is 3.75. The minimum Gasteiger partial charge on any atom is -0.344 e. The van der Waals surface area contributed by atoms with Gasteiger partial charge in [0.1, 0.15) is 0 Å². The molecular weight excluding hydrogens is 330 g/mol. The molecule has 2 saturated heterocycles. The van der Waals surface area contributed by atoms with Gasteiger partial charge in [-0.2, -0.15) is 0 Å². The number of nitrogens with zero attached hydrogens (tertiary/aromatic N) is 4. The zero-order valence-corrected chi connectivity index (χ0v) is 15.7. The summed E-state index contributed by atoms with van der Waals surface area (Å²) in [7, 11) is 3.92. The summed E-state index contributed by atoms with van der Waals surface area (Å²) in [5, 5.41) is 3.16. The van der Waals surface area contributed by atoms with Crippen molar-refractivity contribution in [3.8, 4) is 0 Å². The first-order valence-corrected chi connectivity index (χ1v) is 9.41. The highest BCUT2D eigenvalue weighted by atomic mass is 16.2. The number of carbonyl (C=O) groups excluding carboxylic acids is 2. The molecule has 1 N–H and O–H groups in total. The van der Waals surface area contributed by atoms with E-state index in [2.05, 4.69) is 22.2 Å². The Morgan fingerprint density at radius 3 is 2.58 bits per heavy atom. The van der Waals surface area contributed by atoms with Crippen molar-refractivity contribution in [3.05, 3.63) is 30.1 Å². The van der Waals surface area contributed by atoms with Crippen molar-refractivity contribution in [1.29, 1.82) is 0 Å². The van der Waals surface area contributed by atoms with Gasteiger partial charge in [0.2, 0.25) is 5.91 Å². The summed E-state index contributed by atoms with van der Waals surface area (Å²) in [6.07, 6.45) is 6.71. The van der Waals surface area contributed by atoms with Crippen molar-refractivity contribution in [2.75, 3.05) is 33.7 Å². The fourth-order valence-electron chi connectivity index (χ4n) is 3.75. The second-order valence-electron chi connectivity index (χ2n) is 7.48. The third kappa shape index (κ3) is 4.72. The Morgan fingerprint density at radius 1 is 1.23 bits per heavy atom. The van der Waals surface area contributed by atoms with Gasteiger partial charge in [0.05, 0.1) is 0 Å². The van der Waals surface area contributed by atoms with Crippen LogP contribution >= 0.6 is 0 Å². The summed E-state index contributed by atoms with van der Waals surface area (Å²) >= 11 is 0. The number of urea groups is 1. The van der Waals surface area contributed by atoms with Crippen LogP contribution in [0, 0.1) is 0 Å². The molecule has 0 aromatic carbocycles. The number of piperidine rings is 2. The first-order chi connectivity index (χ1) is 12.5. The Bertz CT molecular complexity index is 616. The molecule has 2 fully saturated rings. The molecule has 0 radical (unpaired) electrons. The Hall–Kier alpha value is -2.15. The molecule has 2 aliphatic rings. The van der Waals surface area contributed by atoms with E-state index >= 15 is 0 Å². The second kappa shape index (κ2) is 8.49. The standard InChI is InChI=1S/C19H29N5O2/c1-22-11-7-17(8-12-22)24(13-15-5-9-20-10-6-15)19(26)21-16-3-4-18(25)23(2)14-16/h5-6,9-10,16-17H,3-4,7-8,11-14H2,1-2H3,(H,21,26). The molecule has 0 saturated carbocycles. The monoisotopic (exact) mass is 359 g/mol. The van der Waals surface area contributed by atoms with Crippen molar-refractivity contribution in [2.45, 2.75) is 44.3 Å². The number of hydrogen-bond acceptors (Lipinski definition) is 4. The zero-order valence-electron chi connectivity index (χ0n) is 15.7. The number of hydrogen-bond donors (Lipinski definition) is 1. The van der Waals surface area contributed by atoms with Gasteiger partial charge in [0, 0.05) is 51.0 Å². The molecule has 3 rings (SSSR count). The van der Waals surface area contributed by atoms with Crippen LogP contribution in [-0.2, 0) is 11.3 Å². The lowest BCUT2D eigenvalue weighted by atomic mass is 10.0. The lowest BCUT2D eigenvalue weighted by Crippen LogP contribution is -2.55. The number of aromatic nitrogens is 1. The van der Waals surface area contributed by atoms with Crippen LogP contribution in [0.4, 0.5) is 4.79 Å². The number of pyridine rings is 1. The van der Waals surface area contributed by atoms with E-state index < -0.39 is 0 Å². The molecule has 7 heteroatoms. The predicted molar refractivity (Wildman–Crippen MR) is 99.5 cm³/mol. The maximum absolute atomic E-state index is 13.1. The summed E-state index contributed by atoms with van der Waals surface area (Å²) in [4.78, 5) is 34.8. The van der Waals surface area contributed by atoms with E-state index in [4.69, 9.17) is 0 Å². The molecule has 1 unspecified atom stereocenters. The molecule has 2 aliphatic heterocycles. The Kier molecular flexibility index (Phi) is 6.08. The van der Waals surface area contributed by atoms with Crippen molar-refractivity contribution >= 4 is 11.9 Å². The van der Waals surface area contributed by atoms with Gasteiger partial charge in [-0.15, -0.1) is 0 Å². The highest BCUT2D eigenvalue weighted by Gasteiger charge is 2.30. The number of nitrogens with one attached hydrogen (secondary N) is 1. The molecule has 0 aliphatic carbocycles. The van der Waals surface area contributed by atoms with Gasteiger partial charge in [-0.25, -0.2) is 4.79 Å². The lowest BCUT2D eigenvalue weighted by molar-refractivity contribution is -0.132. The topological polar surface area (TPSA) is 68.8 Å². The number of amides is 3. The van der Waals surface area contributed by atoms with Crippen LogP contribution in [0.15, 0.2) is 24.5 Å². The van der Waals surface area contributed by atoms with E-state index in [0.29, 0.717) is 25.9 Å². The lowest BCUT2D eigenvalue weighted by Gasteiger charge is -2.39. The van der Waals surface area contributed by atoms with Crippen LogP contribution < -0.4 is 5.32 Å². The summed E-state index contributed by atoms with van der Waals surface area (Å²) in [5.41, 5.74) is 1.09. The predicted octanol–water partition coefficient (Wildman–Crippen LogP) is 1.31. The SMILES string of the molecule is CN1CCC(N(Cc2ccncc2)C(=O)NC2CCC(=O)N(C)C2)CC1.